The fourth-order valence-electron chi connectivity index (χ4n) is 1.63. The molecule has 1 fully saturated rings. The SMILES string of the molecule is CC1CCC(CS(=O)CC(C)C(=O)O)O1. The largest absolute Gasteiger partial charge is 0.481 e. The van der Waals surface area contributed by atoms with Gasteiger partial charge in [0.1, 0.15) is 0 Å². The second-order valence-electron chi connectivity index (χ2n) is 4.16. The molecule has 0 saturated carbocycles. The van der Waals surface area contributed by atoms with Gasteiger partial charge in [-0.2, -0.15) is 0 Å². The maximum Gasteiger partial charge on any atom is 0.307 e. The molecule has 4 atom stereocenters. The van der Waals surface area contributed by atoms with Gasteiger partial charge in [-0.1, -0.05) is 6.92 Å². The summed E-state index contributed by atoms with van der Waals surface area (Å²) in [6.45, 7) is 3.58. The van der Waals surface area contributed by atoms with E-state index in [9.17, 15) is 9.00 Å². The number of carboxylic acid groups (broad SMARTS) is 1. The van der Waals surface area contributed by atoms with Crippen molar-refractivity contribution in [1.82, 2.24) is 0 Å². The highest BCUT2D eigenvalue weighted by molar-refractivity contribution is 7.85. The molecule has 88 valence electrons. The molecule has 1 aliphatic rings. The van der Waals surface area contributed by atoms with E-state index in [1.807, 2.05) is 6.92 Å². The monoisotopic (exact) mass is 234 g/mol. The molecule has 1 heterocycles. The first-order chi connectivity index (χ1) is 6.99. The Labute approximate surface area is 92.5 Å². The molecule has 0 spiro atoms. The molecular weight excluding hydrogens is 216 g/mol. The average molecular weight is 234 g/mol. The maximum absolute atomic E-state index is 11.6. The number of hydrogen-bond donors (Lipinski definition) is 1. The Bertz CT molecular complexity index is 254. The molecule has 5 heteroatoms. The Kier molecular flexibility index (Phi) is 4.73. The topological polar surface area (TPSA) is 63.6 Å². The Hall–Kier alpha value is -0.420. The van der Waals surface area contributed by atoms with Crippen molar-refractivity contribution in [3.63, 3.8) is 0 Å². The molecule has 0 aliphatic carbocycles. The lowest BCUT2D eigenvalue weighted by molar-refractivity contribution is -0.140. The summed E-state index contributed by atoms with van der Waals surface area (Å²) >= 11 is 0. The molecule has 15 heavy (non-hydrogen) atoms. The Morgan fingerprint density at radius 2 is 2.27 bits per heavy atom. The van der Waals surface area contributed by atoms with E-state index >= 15 is 0 Å². The molecule has 1 saturated heterocycles. The fourth-order valence-corrected chi connectivity index (χ4v) is 3.13. The van der Waals surface area contributed by atoms with E-state index in [0.717, 1.165) is 12.8 Å². The molecule has 4 nitrogen and oxygen atoms in total. The highest BCUT2D eigenvalue weighted by Gasteiger charge is 2.25. The van der Waals surface area contributed by atoms with Crippen LogP contribution in [0.15, 0.2) is 0 Å². The van der Waals surface area contributed by atoms with Gasteiger partial charge in [-0.15, -0.1) is 0 Å². The summed E-state index contributed by atoms with van der Waals surface area (Å²) in [7, 11) is -1.08. The van der Waals surface area contributed by atoms with Crippen LogP contribution in [0.1, 0.15) is 26.7 Å². The van der Waals surface area contributed by atoms with E-state index in [1.165, 1.54) is 0 Å². The summed E-state index contributed by atoms with van der Waals surface area (Å²) in [5.74, 6) is -0.723. The number of hydrogen-bond acceptors (Lipinski definition) is 3. The van der Waals surface area contributed by atoms with E-state index < -0.39 is 22.7 Å². The highest BCUT2D eigenvalue weighted by Crippen LogP contribution is 2.20. The first-order valence-corrected chi connectivity index (χ1v) is 6.71. The minimum Gasteiger partial charge on any atom is -0.481 e. The van der Waals surface area contributed by atoms with Crippen LogP contribution in [0.3, 0.4) is 0 Å². The normalized spacial score (nSPS) is 30.0. The fraction of sp³-hybridized carbons (Fsp3) is 0.900. The number of carbonyl (C=O) groups is 1. The van der Waals surface area contributed by atoms with Crippen molar-refractivity contribution in [3.05, 3.63) is 0 Å². The van der Waals surface area contributed by atoms with Gasteiger partial charge < -0.3 is 9.84 Å². The maximum atomic E-state index is 11.6. The minimum absolute atomic E-state index is 0.0572. The Morgan fingerprint density at radius 3 is 2.73 bits per heavy atom. The molecule has 1 aliphatic heterocycles. The van der Waals surface area contributed by atoms with Gasteiger partial charge in [0.15, 0.2) is 0 Å². The third-order valence-electron chi connectivity index (χ3n) is 2.55. The van der Waals surface area contributed by atoms with Crippen molar-refractivity contribution in [2.45, 2.75) is 38.9 Å². The quantitative estimate of drug-likeness (QED) is 0.771. The third kappa shape index (κ3) is 4.30. The van der Waals surface area contributed by atoms with Gasteiger partial charge in [0.05, 0.1) is 18.1 Å². The van der Waals surface area contributed by atoms with E-state index in [-0.39, 0.29) is 18.0 Å². The van der Waals surface area contributed by atoms with Crippen molar-refractivity contribution >= 4 is 16.8 Å². The van der Waals surface area contributed by atoms with Crippen molar-refractivity contribution in [3.8, 4) is 0 Å². The third-order valence-corrected chi connectivity index (χ3v) is 4.16. The molecule has 0 bridgehead atoms. The second kappa shape index (κ2) is 5.61. The first kappa shape index (κ1) is 12.6. The summed E-state index contributed by atoms with van der Waals surface area (Å²) < 4.78 is 17.1. The van der Waals surface area contributed by atoms with Gasteiger partial charge in [-0.3, -0.25) is 9.00 Å². The molecular formula is C10H18O4S. The van der Waals surface area contributed by atoms with Gasteiger partial charge >= 0.3 is 5.97 Å². The molecule has 0 radical (unpaired) electrons. The Morgan fingerprint density at radius 1 is 1.60 bits per heavy atom. The van der Waals surface area contributed by atoms with Crippen LogP contribution in [0, 0.1) is 5.92 Å². The van der Waals surface area contributed by atoms with Crippen LogP contribution in [-0.2, 0) is 20.3 Å². The lowest BCUT2D eigenvalue weighted by atomic mass is 10.2. The predicted octanol–water partition coefficient (Wildman–Crippen LogP) is 1.02. The van der Waals surface area contributed by atoms with E-state index in [0.29, 0.717) is 5.75 Å². The van der Waals surface area contributed by atoms with E-state index in [1.54, 1.807) is 6.92 Å². The van der Waals surface area contributed by atoms with Crippen LogP contribution in [-0.4, -0.2) is 39.0 Å². The average Bonchev–Trinajstić information content (AvgIpc) is 2.50. The molecule has 0 aromatic heterocycles. The van der Waals surface area contributed by atoms with Crippen LogP contribution in [0.25, 0.3) is 0 Å². The standard InChI is InChI=1S/C10H18O4S/c1-7(10(11)12)5-15(13)6-9-4-3-8(2)14-9/h7-9H,3-6H2,1-2H3,(H,11,12). The molecule has 1 rings (SSSR count). The minimum atomic E-state index is -1.08. The number of rotatable bonds is 5. The van der Waals surface area contributed by atoms with Crippen molar-refractivity contribution < 1.29 is 18.8 Å². The van der Waals surface area contributed by atoms with Gasteiger partial charge in [0, 0.05) is 22.3 Å². The zero-order chi connectivity index (χ0) is 11.4. The molecule has 1 N–H and O–H groups in total. The lowest BCUT2D eigenvalue weighted by Crippen LogP contribution is -2.24. The van der Waals surface area contributed by atoms with Crippen LogP contribution >= 0.6 is 0 Å². The van der Waals surface area contributed by atoms with Gasteiger partial charge in [-0.05, 0) is 19.8 Å². The first-order valence-electron chi connectivity index (χ1n) is 5.22. The van der Waals surface area contributed by atoms with Crippen molar-refractivity contribution in [1.29, 1.82) is 0 Å². The zero-order valence-electron chi connectivity index (χ0n) is 9.14. The lowest BCUT2D eigenvalue weighted by Gasteiger charge is -2.11. The summed E-state index contributed by atoms with van der Waals surface area (Å²) in [5, 5.41) is 8.67. The second-order valence-corrected chi connectivity index (χ2v) is 5.70. The molecule has 0 amide bonds. The molecule has 0 aromatic carbocycles. The summed E-state index contributed by atoms with van der Waals surface area (Å²) in [6.07, 6.45) is 2.26. The van der Waals surface area contributed by atoms with Crippen LogP contribution < -0.4 is 0 Å². The molecule has 4 unspecified atom stereocenters. The molecule has 0 aromatic rings. The van der Waals surface area contributed by atoms with Gasteiger partial charge in [0.25, 0.3) is 0 Å². The summed E-state index contributed by atoms with van der Waals surface area (Å²) in [6, 6.07) is 0. The number of ether oxygens (including phenoxy) is 1. The number of aliphatic carboxylic acids is 1. The van der Waals surface area contributed by atoms with E-state index in [4.69, 9.17) is 9.84 Å². The van der Waals surface area contributed by atoms with E-state index in [2.05, 4.69) is 0 Å². The smallest absolute Gasteiger partial charge is 0.307 e. The van der Waals surface area contributed by atoms with Gasteiger partial charge in [-0.25, -0.2) is 0 Å². The van der Waals surface area contributed by atoms with Crippen LogP contribution in [0.4, 0.5) is 0 Å². The van der Waals surface area contributed by atoms with Crippen molar-refractivity contribution in [2.75, 3.05) is 11.5 Å². The number of carboxylic acids is 1. The summed E-state index contributed by atoms with van der Waals surface area (Å²) in [4.78, 5) is 10.6. The van der Waals surface area contributed by atoms with Crippen LogP contribution in [0.2, 0.25) is 0 Å². The van der Waals surface area contributed by atoms with Crippen LogP contribution in [0.5, 0.6) is 0 Å². The van der Waals surface area contributed by atoms with Gasteiger partial charge in [0.2, 0.25) is 0 Å². The van der Waals surface area contributed by atoms with Crippen molar-refractivity contribution in [2.24, 2.45) is 5.92 Å². The Balaban J connectivity index is 2.27. The summed E-state index contributed by atoms with van der Waals surface area (Å²) in [5.41, 5.74) is 0. The highest BCUT2D eigenvalue weighted by atomic mass is 32.2. The predicted molar refractivity (Wildman–Crippen MR) is 58.2 cm³/mol. The zero-order valence-corrected chi connectivity index (χ0v) is 9.96.